The second-order valence-electron chi connectivity index (χ2n) is 4.43. The molecule has 3 nitrogen and oxygen atoms in total. The second kappa shape index (κ2) is 5.57. The molecule has 1 aromatic rings. The average Bonchev–Trinajstić information content (AvgIpc) is 2.41. The zero-order valence-electron chi connectivity index (χ0n) is 10.8. The number of rotatable bonds is 4. The molecule has 0 spiro atoms. The molecule has 1 aliphatic carbocycles. The zero-order chi connectivity index (χ0) is 13.8. The lowest BCUT2D eigenvalue weighted by atomic mass is 9.90. The molecule has 19 heavy (non-hydrogen) atoms. The van der Waals surface area contributed by atoms with Gasteiger partial charge in [-0.15, -0.1) is 0 Å². The van der Waals surface area contributed by atoms with E-state index in [9.17, 15) is 4.79 Å². The van der Waals surface area contributed by atoms with Crippen LogP contribution in [0.15, 0.2) is 54.1 Å². The largest absolute Gasteiger partial charge is 0.497 e. The summed E-state index contributed by atoms with van der Waals surface area (Å²) in [5.41, 5.74) is 3.82. The van der Waals surface area contributed by atoms with Crippen molar-refractivity contribution in [3.63, 3.8) is 0 Å². The molecule has 0 radical (unpaired) electrons. The van der Waals surface area contributed by atoms with Gasteiger partial charge >= 0.3 is 5.97 Å². The Morgan fingerprint density at radius 2 is 2.05 bits per heavy atom. The predicted molar refractivity (Wildman–Crippen MR) is 75.1 cm³/mol. The quantitative estimate of drug-likeness (QED) is 0.897. The molecule has 0 saturated carbocycles. The summed E-state index contributed by atoms with van der Waals surface area (Å²) in [6.45, 7) is 3.93. The van der Waals surface area contributed by atoms with Gasteiger partial charge < -0.3 is 9.84 Å². The number of ether oxygens (including phenoxy) is 1. The molecule has 98 valence electrons. The summed E-state index contributed by atoms with van der Waals surface area (Å²) < 4.78 is 5.12. The van der Waals surface area contributed by atoms with Crippen molar-refractivity contribution >= 4 is 11.5 Å². The molecule has 0 bridgehead atoms. The summed E-state index contributed by atoms with van der Waals surface area (Å²) >= 11 is 0. The number of methoxy groups -OCH3 is 1. The first-order chi connectivity index (χ1) is 9.10. The van der Waals surface area contributed by atoms with Crippen LogP contribution in [-0.4, -0.2) is 18.2 Å². The maximum absolute atomic E-state index is 10.7. The molecule has 0 atom stereocenters. The Hall–Kier alpha value is -2.29. The SMILES string of the molecule is C=C1C=C(c2ccc(OC)cc2)CC=C1CC(=O)O. The van der Waals surface area contributed by atoms with Crippen molar-refractivity contribution in [2.75, 3.05) is 7.11 Å². The molecular weight excluding hydrogens is 240 g/mol. The van der Waals surface area contributed by atoms with Gasteiger partial charge in [0, 0.05) is 0 Å². The van der Waals surface area contributed by atoms with E-state index in [1.165, 1.54) is 0 Å². The maximum Gasteiger partial charge on any atom is 0.307 e. The summed E-state index contributed by atoms with van der Waals surface area (Å²) in [6.07, 6.45) is 4.66. The van der Waals surface area contributed by atoms with Crippen LogP contribution < -0.4 is 4.74 Å². The van der Waals surface area contributed by atoms with Crippen LogP contribution in [0.5, 0.6) is 5.75 Å². The van der Waals surface area contributed by atoms with Crippen molar-refractivity contribution in [1.82, 2.24) is 0 Å². The van der Waals surface area contributed by atoms with Crippen LogP contribution in [0.1, 0.15) is 18.4 Å². The third-order valence-electron chi connectivity index (χ3n) is 3.13. The van der Waals surface area contributed by atoms with Gasteiger partial charge in [0.2, 0.25) is 0 Å². The molecule has 1 N–H and O–H groups in total. The minimum atomic E-state index is -0.825. The topological polar surface area (TPSA) is 46.5 Å². The Bertz CT molecular complexity index is 562. The van der Waals surface area contributed by atoms with E-state index in [2.05, 4.69) is 6.58 Å². The number of carboxylic acid groups (broad SMARTS) is 1. The summed E-state index contributed by atoms with van der Waals surface area (Å²) in [5.74, 6) is -0.00482. The van der Waals surface area contributed by atoms with Gasteiger partial charge in [-0.2, -0.15) is 0 Å². The van der Waals surface area contributed by atoms with Crippen molar-refractivity contribution in [2.24, 2.45) is 0 Å². The van der Waals surface area contributed by atoms with E-state index in [-0.39, 0.29) is 6.42 Å². The number of carbonyl (C=O) groups is 1. The lowest BCUT2D eigenvalue weighted by Crippen LogP contribution is -2.02. The Kier molecular flexibility index (Phi) is 3.85. The standard InChI is InChI=1S/C16H16O3/c1-11-9-14(4-3-13(11)10-16(17)18)12-5-7-15(19-2)8-6-12/h3,5-9H,1,4,10H2,2H3,(H,17,18). The molecule has 0 fully saturated rings. The maximum atomic E-state index is 10.7. The van der Waals surface area contributed by atoms with E-state index in [4.69, 9.17) is 9.84 Å². The van der Waals surface area contributed by atoms with Gasteiger partial charge in [0.25, 0.3) is 0 Å². The molecule has 2 rings (SSSR count). The fourth-order valence-electron chi connectivity index (χ4n) is 2.08. The van der Waals surface area contributed by atoms with E-state index in [0.29, 0.717) is 0 Å². The monoisotopic (exact) mass is 256 g/mol. The first kappa shape index (κ1) is 13.1. The van der Waals surface area contributed by atoms with Gasteiger partial charge in [-0.3, -0.25) is 4.79 Å². The van der Waals surface area contributed by atoms with Crippen molar-refractivity contribution in [2.45, 2.75) is 12.8 Å². The van der Waals surface area contributed by atoms with Gasteiger partial charge in [-0.1, -0.05) is 30.9 Å². The minimum absolute atomic E-state index is 0.0330. The van der Waals surface area contributed by atoms with Gasteiger partial charge in [0.15, 0.2) is 0 Å². The number of hydrogen-bond acceptors (Lipinski definition) is 2. The highest BCUT2D eigenvalue weighted by Gasteiger charge is 2.13. The first-order valence-electron chi connectivity index (χ1n) is 6.05. The number of hydrogen-bond donors (Lipinski definition) is 1. The van der Waals surface area contributed by atoms with Crippen LogP contribution in [0.2, 0.25) is 0 Å². The van der Waals surface area contributed by atoms with Crippen molar-refractivity contribution in [1.29, 1.82) is 0 Å². The lowest BCUT2D eigenvalue weighted by molar-refractivity contribution is -0.136. The van der Waals surface area contributed by atoms with Crippen molar-refractivity contribution < 1.29 is 14.6 Å². The molecule has 3 heteroatoms. The molecule has 0 amide bonds. The van der Waals surface area contributed by atoms with E-state index >= 15 is 0 Å². The van der Waals surface area contributed by atoms with Crippen molar-refractivity contribution in [3.8, 4) is 5.75 Å². The van der Waals surface area contributed by atoms with Crippen LogP contribution in [-0.2, 0) is 4.79 Å². The average molecular weight is 256 g/mol. The van der Waals surface area contributed by atoms with Gasteiger partial charge in [0.1, 0.15) is 5.75 Å². The van der Waals surface area contributed by atoms with E-state index in [0.717, 1.165) is 34.5 Å². The molecular formula is C16H16O3. The summed E-state index contributed by atoms with van der Waals surface area (Å²) in [5, 5.41) is 8.81. The number of aliphatic carboxylic acids is 1. The Morgan fingerprint density at radius 3 is 2.58 bits per heavy atom. The van der Waals surface area contributed by atoms with Gasteiger partial charge in [0.05, 0.1) is 13.5 Å². The molecule has 0 aliphatic heterocycles. The Labute approximate surface area is 112 Å². The molecule has 0 heterocycles. The van der Waals surface area contributed by atoms with Crippen LogP contribution in [0.25, 0.3) is 5.57 Å². The first-order valence-corrected chi connectivity index (χ1v) is 6.05. The fraction of sp³-hybridized carbons (Fsp3) is 0.188. The summed E-state index contributed by atoms with van der Waals surface area (Å²) in [7, 11) is 1.64. The van der Waals surface area contributed by atoms with Crippen LogP contribution in [0.4, 0.5) is 0 Å². The minimum Gasteiger partial charge on any atom is -0.497 e. The van der Waals surface area contributed by atoms with E-state index < -0.39 is 5.97 Å². The number of benzene rings is 1. The highest BCUT2D eigenvalue weighted by Crippen LogP contribution is 2.30. The number of carboxylic acids is 1. The molecule has 0 saturated heterocycles. The third kappa shape index (κ3) is 3.13. The lowest BCUT2D eigenvalue weighted by Gasteiger charge is -2.15. The second-order valence-corrected chi connectivity index (χ2v) is 4.43. The zero-order valence-corrected chi connectivity index (χ0v) is 10.8. The van der Waals surface area contributed by atoms with Gasteiger partial charge in [-0.25, -0.2) is 0 Å². The van der Waals surface area contributed by atoms with Crippen LogP contribution >= 0.6 is 0 Å². The highest BCUT2D eigenvalue weighted by atomic mass is 16.5. The number of allylic oxidation sites excluding steroid dienone is 4. The fourth-order valence-corrected chi connectivity index (χ4v) is 2.08. The Balaban J connectivity index is 2.16. The molecule has 0 aromatic heterocycles. The smallest absolute Gasteiger partial charge is 0.307 e. The van der Waals surface area contributed by atoms with E-state index in [1.54, 1.807) is 7.11 Å². The molecule has 1 aromatic carbocycles. The third-order valence-corrected chi connectivity index (χ3v) is 3.13. The summed E-state index contributed by atoms with van der Waals surface area (Å²) in [6, 6.07) is 7.81. The van der Waals surface area contributed by atoms with Crippen LogP contribution in [0.3, 0.4) is 0 Å². The predicted octanol–water partition coefficient (Wildman–Crippen LogP) is 3.44. The molecule has 0 unspecified atom stereocenters. The Morgan fingerprint density at radius 1 is 1.37 bits per heavy atom. The van der Waals surface area contributed by atoms with E-state index in [1.807, 2.05) is 36.4 Å². The van der Waals surface area contributed by atoms with Crippen LogP contribution in [0, 0.1) is 0 Å². The highest BCUT2D eigenvalue weighted by molar-refractivity contribution is 5.78. The van der Waals surface area contributed by atoms with Gasteiger partial charge in [-0.05, 0) is 40.8 Å². The summed E-state index contributed by atoms with van der Waals surface area (Å²) in [4.78, 5) is 10.7. The molecule has 1 aliphatic rings. The normalized spacial score (nSPS) is 14.7. The van der Waals surface area contributed by atoms with Crippen molar-refractivity contribution in [3.05, 3.63) is 59.7 Å².